The minimum atomic E-state index is -0.361. The number of benzene rings is 4. The van der Waals surface area contributed by atoms with Gasteiger partial charge in [0.1, 0.15) is 5.75 Å². The SMILES string of the molecule is Nc1ccccc1Cl.O=C(Nc1ccc(Cl)cc1)c1cc2ccccc2cc1O. The van der Waals surface area contributed by atoms with Gasteiger partial charge < -0.3 is 16.2 Å². The molecule has 4 aromatic rings. The first kappa shape index (κ1) is 20.5. The second-order valence-electron chi connectivity index (χ2n) is 6.20. The molecule has 0 bridgehead atoms. The summed E-state index contributed by atoms with van der Waals surface area (Å²) in [4.78, 5) is 12.3. The van der Waals surface area contributed by atoms with Gasteiger partial charge in [-0.1, -0.05) is 59.6 Å². The van der Waals surface area contributed by atoms with Crippen LogP contribution in [0.3, 0.4) is 0 Å². The van der Waals surface area contributed by atoms with E-state index in [0.717, 1.165) is 10.8 Å². The Hall–Kier alpha value is -3.21. The Morgan fingerprint density at radius 2 is 1.41 bits per heavy atom. The number of aromatic hydroxyl groups is 1. The number of nitrogens with two attached hydrogens (primary N) is 1. The Labute approximate surface area is 178 Å². The van der Waals surface area contributed by atoms with Crippen molar-refractivity contribution in [3.8, 4) is 5.75 Å². The Balaban J connectivity index is 0.000000252. The quantitative estimate of drug-likeness (QED) is 0.327. The summed E-state index contributed by atoms with van der Waals surface area (Å²) < 4.78 is 0. The van der Waals surface area contributed by atoms with Crippen LogP contribution in [0, 0.1) is 0 Å². The van der Waals surface area contributed by atoms with E-state index >= 15 is 0 Å². The summed E-state index contributed by atoms with van der Waals surface area (Å²) in [7, 11) is 0. The molecular formula is C23H18Cl2N2O2. The van der Waals surface area contributed by atoms with Crippen molar-refractivity contribution in [3.63, 3.8) is 0 Å². The molecule has 0 heterocycles. The Morgan fingerprint density at radius 1 is 0.828 bits per heavy atom. The van der Waals surface area contributed by atoms with Crippen LogP contribution in [-0.4, -0.2) is 11.0 Å². The van der Waals surface area contributed by atoms with E-state index in [0.29, 0.717) is 21.4 Å². The Morgan fingerprint density at radius 3 is 2.00 bits per heavy atom. The van der Waals surface area contributed by atoms with Crippen molar-refractivity contribution in [1.29, 1.82) is 0 Å². The third kappa shape index (κ3) is 5.41. The van der Waals surface area contributed by atoms with Crippen molar-refractivity contribution in [2.75, 3.05) is 11.1 Å². The molecule has 0 radical (unpaired) electrons. The lowest BCUT2D eigenvalue weighted by molar-refractivity contribution is 0.102. The molecule has 4 aromatic carbocycles. The van der Waals surface area contributed by atoms with Crippen LogP contribution in [0.5, 0.6) is 5.75 Å². The molecule has 0 fully saturated rings. The molecule has 4 N–H and O–H groups in total. The number of phenols is 1. The van der Waals surface area contributed by atoms with E-state index in [2.05, 4.69) is 5.32 Å². The van der Waals surface area contributed by atoms with Gasteiger partial charge in [0, 0.05) is 10.7 Å². The van der Waals surface area contributed by atoms with E-state index in [4.69, 9.17) is 28.9 Å². The molecule has 0 unspecified atom stereocenters. The van der Waals surface area contributed by atoms with Gasteiger partial charge in [-0.3, -0.25) is 4.79 Å². The predicted octanol–water partition coefficient (Wildman–Crippen LogP) is 6.37. The van der Waals surface area contributed by atoms with Gasteiger partial charge in [0.2, 0.25) is 0 Å². The van der Waals surface area contributed by atoms with Crippen molar-refractivity contribution >= 4 is 51.3 Å². The normalized spacial score (nSPS) is 10.1. The third-order valence-corrected chi connectivity index (χ3v) is 4.71. The van der Waals surface area contributed by atoms with Gasteiger partial charge in [-0.2, -0.15) is 0 Å². The first-order chi connectivity index (χ1) is 13.9. The largest absolute Gasteiger partial charge is 0.507 e. The molecule has 1 amide bonds. The summed E-state index contributed by atoms with van der Waals surface area (Å²) >= 11 is 11.4. The minimum Gasteiger partial charge on any atom is -0.507 e. The van der Waals surface area contributed by atoms with Gasteiger partial charge in [0.05, 0.1) is 16.3 Å². The van der Waals surface area contributed by atoms with Crippen LogP contribution in [0.4, 0.5) is 11.4 Å². The number of nitrogen functional groups attached to an aromatic ring is 1. The van der Waals surface area contributed by atoms with Crippen molar-refractivity contribution in [2.24, 2.45) is 0 Å². The molecule has 4 nitrogen and oxygen atoms in total. The number of para-hydroxylation sites is 1. The molecule has 0 saturated carbocycles. The summed E-state index contributed by atoms with van der Waals surface area (Å²) in [6.07, 6.45) is 0. The van der Waals surface area contributed by atoms with Crippen LogP contribution in [0.2, 0.25) is 10.0 Å². The first-order valence-corrected chi connectivity index (χ1v) is 9.48. The maximum atomic E-state index is 12.3. The van der Waals surface area contributed by atoms with E-state index in [1.165, 1.54) is 0 Å². The lowest BCUT2D eigenvalue weighted by Gasteiger charge is -2.08. The minimum absolute atomic E-state index is 0.0415. The first-order valence-electron chi connectivity index (χ1n) is 8.73. The second-order valence-corrected chi connectivity index (χ2v) is 7.04. The summed E-state index contributed by atoms with van der Waals surface area (Å²) in [5, 5.41) is 15.8. The van der Waals surface area contributed by atoms with Crippen LogP contribution in [-0.2, 0) is 0 Å². The van der Waals surface area contributed by atoms with E-state index in [1.807, 2.05) is 36.4 Å². The number of anilines is 2. The fraction of sp³-hybridized carbons (Fsp3) is 0. The smallest absolute Gasteiger partial charge is 0.259 e. The van der Waals surface area contributed by atoms with Crippen LogP contribution in [0.1, 0.15) is 10.4 Å². The number of hydrogen-bond donors (Lipinski definition) is 3. The average Bonchev–Trinajstić information content (AvgIpc) is 2.72. The van der Waals surface area contributed by atoms with Gasteiger partial charge >= 0.3 is 0 Å². The van der Waals surface area contributed by atoms with E-state index < -0.39 is 0 Å². The molecule has 6 heteroatoms. The molecule has 0 aliphatic carbocycles. The highest BCUT2D eigenvalue weighted by molar-refractivity contribution is 6.33. The van der Waals surface area contributed by atoms with Gasteiger partial charge in [0.25, 0.3) is 5.91 Å². The number of halogens is 2. The topological polar surface area (TPSA) is 75.4 Å². The molecule has 29 heavy (non-hydrogen) atoms. The zero-order valence-corrected chi connectivity index (χ0v) is 16.8. The molecule has 0 aliphatic rings. The van der Waals surface area contributed by atoms with Crippen molar-refractivity contribution < 1.29 is 9.90 Å². The molecule has 0 aromatic heterocycles. The van der Waals surface area contributed by atoms with Crippen molar-refractivity contribution in [3.05, 3.63) is 101 Å². The number of amides is 1. The van der Waals surface area contributed by atoms with Crippen LogP contribution >= 0.6 is 23.2 Å². The number of carbonyl (C=O) groups is 1. The number of phenolic OH excluding ortho intramolecular Hbond substituents is 1. The fourth-order valence-electron chi connectivity index (χ4n) is 2.62. The van der Waals surface area contributed by atoms with Gasteiger partial charge in [-0.15, -0.1) is 0 Å². The number of nitrogens with one attached hydrogen (secondary N) is 1. The van der Waals surface area contributed by atoms with Gasteiger partial charge in [0.15, 0.2) is 0 Å². The number of carbonyl (C=O) groups excluding carboxylic acids is 1. The molecule has 146 valence electrons. The Kier molecular flexibility index (Phi) is 6.60. The maximum absolute atomic E-state index is 12.3. The van der Waals surface area contributed by atoms with E-state index in [-0.39, 0.29) is 17.2 Å². The zero-order chi connectivity index (χ0) is 20.8. The summed E-state index contributed by atoms with van der Waals surface area (Å²) in [6, 6.07) is 24.8. The monoisotopic (exact) mass is 424 g/mol. The number of hydrogen-bond acceptors (Lipinski definition) is 3. The lowest BCUT2D eigenvalue weighted by Crippen LogP contribution is -2.12. The van der Waals surface area contributed by atoms with Crippen LogP contribution in [0.15, 0.2) is 84.9 Å². The van der Waals surface area contributed by atoms with Gasteiger partial charge in [-0.05, 0) is 59.3 Å². The average molecular weight is 425 g/mol. The molecule has 4 rings (SSSR count). The zero-order valence-electron chi connectivity index (χ0n) is 15.3. The molecule has 0 aliphatic heterocycles. The fourth-order valence-corrected chi connectivity index (χ4v) is 2.88. The second kappa shape index (κ2) is 9.32. The molecular weight excluding hydrogens is 407 g/mol. The predicted molar refractivity (Wildman–Crippen MR) is 121 cm³/mol. The highest BCUT2D eigenvalue weighted by atomic mass is 35.5. The third-order valence-electron chi connectivity index (χ3n) is 4.12. The van der Waals surface area contributed by atoms with Crippen LogP contribution in [0.25, 0.3) is 10.8 Å². The van der Waals surface area contributed by atoms with Gasteiger partial charge in [-0.25, -0.2) is 0 Å². The summed E-state index contributed by atoms with van der Waals surface area (Å²) in [6.45, 7) is 0. The highest BCUT2D eigenvalue weighted by Gasteiger charge is 2.12. The summed E-state index contributed by atoms with van der Waals surface area (Å²) in [5.41, 5.74) is 6.88. The number of rotatable bonds is 2. The standard InChI is InChI=1S/C17H12ClNO2.C6H6ClN/c18-13-5-7-14(8-6-13)19-17(21)15-9-11-3-1-2-4-12(11)10-16(15)20;7-5-3-1-2-4-6(5)8/h1-10,20H,(H,19,21);1-4H,8H2. The molecule has 0 atom stereocenters. The Bertz CT molecular complexity index is 1120. The maximum Gasteiger partial charge on any atom is 0.259 e. The van der Waals surface area contributed by atoms with Crippen molar-refractivity contribution in [2.45, 2.75) is 0 Å². The summed E-state index contributed by atoms with van der Waals surface area (Å²) in [5.74, 6) is -0.402. The number of fused-ring (bicyclic) bond motifs is 1. The lowest BCUT2D eigenvalue weighted by atomic mass is 10.1. The van der Waals surface area contributed by atoms with E-state index in [1.54, 1.807) is 48.5 Å². The van der Waals surface area contributed by atoms with Crippen molar-refractivity contribution in [1.82, 2.24) is 0 Å². The highest BCUT2D eigenvalue weighted by Crippen LogP contribution is 2.26. The van der Waals surface area contributed by atoms with Crippen LogP contribution < -0.4 is 11.1 Å². The molecule has 0 saturated heterocycles. The van der Waals surface area contributed by atoms with E-state index in [9.17, 15) is 9.90 Å². The molecule has 0 spiro atoms.